The topological polar surface area (TPSA) is 37.3 Å². The van der Waals surface area contributed by atoms with Crippen molar-refractivity contribution in [3.8, 4) is 0 Å². The van der Waals surface area contributed by atoms with Gasteiger partial charge in [0.05, 0.1) is 0 Å². The average Bonchev–Trinajstić information content (AvgIpc) is 1.27. The first kappa shape index (κ1) is 11.2. The van der Waals surface area contributed by atoms with Crippen LogP contribution in [0.15, 0.2) is 11.1 Å². The molecule has 42 valence electrons. The van der Waals surface area contributed by atoms with E-state index in [1.54, 1.807) is 0 Å². The normalized spacial score (nSPS) is 10.0. The van der Waals surface area contributed by atoms with E-state index in [0.29, 0.717) is 0 Å². The van der Waals surface area contributed by atoms with Gasteiger partial charge >= 0.3 is 5.97 Å². The minimum absolute atomic E-state index is 0. The van der Waals surface area contributed by atoms with Crippen LogP contribution in [-0.2, 0) is 32.1 Å². The number of carbonyl (C=O) groups is 1. The molecular formula is C4H5CdClO2. The fraction of sp³-hybridized carbons (Fsp3) is 0.250. The summed E-state index contributed by atoms with van der Waals surface area (Å²) in [6, 6.07) is 0. The van der Waals surface area contributed by atoms with Crippen LogP contribution in [0.4, 0.5) is 0 Å². The maximum Gasteiger partial charge on any atom is 0.329 e. The van der Waals surface area contributed by atoms with Gasteiger partial charge < -0.3 is 5.11 Å². The van der Waals surface area contributed by atoms with Crippen LogP contribution in [0, 0.1) is 0 Å². The number of hydrogen-bond acceptors (Lipinski definition) is 1. The maximum absolute atomic E-state index is 9.65. The number of carboxylic acids is 1. The molecule has 0 saturated carbocycles. The Morgan fingerprint density at radius 2 is 2.12 bits per heavy atom. The molecule has 0 aromatic carbocycles. The van der Waals surface area contributed by atoms with Crippen molar-refractivity contribution in [3.05, 3.63) is 11.1 Å². The summed E-state index contributed by atoms with van der Waals surface area (Å²) >= 11 is 5.15. The van der Waals surface area contributed by atoms with Crippen molar-refractivity contribution in [2.75, 3.05) is 0 Å². The molecule has 2 nitrogen and oxygen atoms in total. The van der Waals surface area contributed by atoms with Gasteiger partial charge in [0.1, 0.15) is 0 Å². The van der Waals surface area contributed by atoms with Crippen molar-refractivity contribution >= 4 is 17.6 Å². The monoisotopic (exact) mass is 234 g/mol. The van der Waals surface area contributed by atoms with Gasteiger partial charge in [-0.25, -0.2) is 4.79 Å². The Balaban J connectivity index is 0. The Labute approximate surface area is 72.7 Å². The first-order valence-corrected chi connectivity index (χ1v) is 2.07. The molecule has 0 aliphatic rings. The number of hydrogen-bond donors (Lipinski definition) is 1. The van der Waals surface area contributed by atoms with Crippen LogP contribution in [0.3, 0.4) is 0 Å². The molecule has 0 fully saturated rings. The van der Waals surface area contributed by atoms with Crippen molar-refractivity contribution in [1.29, 1.82) is 0 Å². The standard InChI is InChI=1S/C4H5ClO2.Cd/c1-3(5)2-4(6)7;/h2H,1H3,(H,6,7);/b3-2-;. The maximum atomic E-state index is 9.65. The molecule has 0 aliphatic heterocycles. The van der Waals surface area contributed by atoms with Crippen LogP contribution in [0.2, 0.25) is 0 Å². The Morgan fingerprint density at radius 1 is 1.75 bits per heavy atom. The molecule has 0 aliphatic carbocycles. The molecule has 0 radical (unpaired) electrons. The third-order valence-electron chi connectivity index (χ3n) is 0.322. The van der Waals surface area contributed by atoms with Gasteiger partial charge in [-0.05, 0) is 6.92 Å². The second kappa shape index (κ2) is 5.56. The third kappa shape index (κ3) is 9.66. The summed E-state index contributed by atoms with van der Waals surface area (Å²) in [5, 5.41) is 8.21. The van der Waals surface area contributed by atoms with Gasteiger partial charge in [-0.15, -0.1) is 0 Å². The van der Waals surface area contributed by atoms with Crippen molar-refractivity contribution in [2.24, 2.45) is 0 Å². The van der Waals surface area contributed by atoms with Gasteiger partial charge in [0.2, 0.25) is 0 Å². The molecule has 8 heavy (non-hydrogen) atoms. The van der Waals surface area contributed by atoms with Crippen LogP contribution in [0.5, 0.6) is 0 Å². The molecule has 0 bridgehead atoms. The minimum Gasteiger partial charge on any atom is -0.478 e. The first-order chi connectivity index (χ1) is 3.13. The molecular weight excluding hydrogens is 228 g/mol. The van der Waals surface area contributed by atoms with Crippen molar-refractivity contribution in [1.82, 2.24) is 0 Å². The molecule has 0 aromatic heterocycles. The smallest absolute Gasteiger partial charge is 0.329 e. The van der Waals surface area contributed by atoms with Crippen LogP contribution in [0.1, 0.15) is 6.92 Å². The zero-order valence-corrected chi connectivity index (χ0v) is 9.31. The van der Waals surface area contributed by atoms with Crippen LogP contribution < -0.4 is 0 Å². The van der Waals surface area contributed by atoms with Crippen LogP contribution in [-0.4, -0.2) is 11.1 Å². The van der Waals surface area contributed by atoms with Gasteiger partial charge in [0.25, 0.3) is 0 Å². The number of carboxylic acid groups (broad SMARTS) is 1. The first-order valence-electron chi connectivity index (χ1n) is 1.69. The molecule has 0 amide bonds. The van der Waals surface area contributed by atoms with Crippen molar-refractivity contribution < 1.29 is 37.2 Å². The zero-order chi connectivity index (χ0) is 5.86. The summed E-state index contributed by atoms with van der Waals surface area (Å²) in [4.78, 5) is 9.65. The molecule has 0 saturated heterocycles. The predicted octanol–water partition coefficient (Wildman–Crippen LogP) is 1.21. The molecule has 0 rings (SSSR count). The molecule has 0 unspecified atom stereocenters. The molecule has 0 heterocycles. The van der Waals surface area contributed by atoms with Gasteiger partial charge in [0, 0.05) is 38.4 Å². The van der Waals surface area contributed by atoms with E-state index in [4.69, 9.17) is 16.7 Å². The van der Waals surface area contributed by atoms with E-state index in [1.165, 1.54) is 6.92 Å². The second-order valence-electron chi connectivity index (χ2n) is 1.07. The van der Waals surface area contributed by atoms with Gasteiger partial charge in [-0.3, -0.25) is 0 Å². The van der Waals surface area contributed by atoms with E-state index in [-0.39, 0.29) is 32.3 Å². The summed E-state index contributed by atoms with van der Waals surface area (Å²) in [7, 11) is 0. The Morgan fingerprint density at radius 3 is 2.12 bits per heavy atom. The summed E-state index contributed by atoms with van der Waals surface area (Å²) in [5.41, 5.74) is 0. The molecule has 1 N–H and O–H groups in total. The fourth-order valence-corrected chi connectivity index (χ4v) is 0.263. The number of allylic oxidation sites excluding steroid dienone is 1. The van der Waals surface area contributed by atoms with Crippen LogP contribution in [0.25, 0.3) is 0 Å². The van der Waals surface area contributed by atoms with Gasteiger partial charge in [-0.2, -0.15) is 0 Å². The average molecular weight is 233 g/mol. The van der Waals surface area contributed by atoms with Crippen molar-refractivity contribution in [2.45, 2.75) is 6.92 Å². The third-order valence-corrected chi connectivity index (χ3v) is 0.431. The SMILES string of the molecule is C/C(Cl)=C/C(=O)O.[Cd]. The number of halogens is 1. The van der Waals surface area contributed by atoms with E-state index >= 15 is 0 Å². The van der Waals surface area contributed by atoms with Gasteiger partial charge in [-0.1, -0.05) is 11.6 Å². The fourth-order valence-electron chi connectivity index (χ4n) is 0.170. The van der Waals surface area contributed by atoms with E-state index < -0.39 is 5.97 Å². The second-order valence-corrected chi connectivity index (χ2v) is 1.67. The minimum atomic E-state index is -1.01. The Hall–Kier alpha value is 0.422. The quantitative estimate of drug-likeness (QED) is 0.545. The Bertz CT molecular complexity index is 107. The van der Waals surface area contributed by atoms with Crippen LogP contribution >= 0.6 is 11.6 Å². The van der Waals surface area contributed by atoms with Crippen molar-refractivity contribution in [3.63, 3.8) is 0 Å². The summed E-state index contributed by atoms with van der Waals surface area (Å²) < 4.78 is 0. The van der Waals surface area contributed by atoms with E-state index in [1.807, 2.05) is 0 Å². The molecule has 0 aromatic rings. The van der Waals surface area contributed by atoms with E-state index in [2.05, 4.69) is 0 Å². The number of aliphatic carboxylic acids is 1. The molecule has 0 spiro atoms. The zero-order valence-electron chi connectivity index (χ0n) is 4.52. The largest absolute Gasteiger partial charge is 0.478 e. The predicted molar refractivity (Wildman–Crippen MR) is 27.2 cm³/mol. The summed E-state index contributed by atoms with van der Waals surface area (Å²) in [6.07, 6.45) is 0.932. The summed E-state index contributed by atoms with van der Waals surface area (Å²) in [6.45, 7) is 1.51. The molecule has 0 atom stereocenters. The Kier molecular flexibility index (Phi) is 7.81. The van der Waals surface area contributed by atoms with Gasteiger partial charge in [0.15, 0.2) is 0 Å². The molecule has 4 heteroatoms. The van der Waals surface area contributed by atoms with E-state index in [9.17, 15) is 4.79 Å². The summed E-state index contributed by atoms with van der Waals surface area (Å²) in [5.74, 6) is -1.01. The van der Waals surface area contributed by atoms with E-state index in [0.717, 1.165) is 6.08 Å². The number of rotatable bonds is 1.